The zero-order valence-corrected chi connectivity index (χ0v) is 11.4. The first-order valence-corrected chi connectivity index (χ1v) is 6.50. The summed E-state index contributed by atoms with van der Waals surface area (Å²) < 4.78 is 6.68. The van der Waals surface area contributed by atoms with Crippen LogP contribution in [0.25, 0.3) is 0 Å². The largest absolute Gasteiger partial charge is 0.455 e. The van der Waals surface area contributed by atoms with Crippen LogP contribution in [0.3, 0.4) is 0 Å². The van der Waals surface area contributed by atoms with Crippen LogP contribution in [0.5, 0.6) is 0 Å². The molecule has 0 spiro atoms. The van der Waals surface area contributed by atoms with E-state index in [1.807, 2.05) is 30.3 Å². The third kappa shape index (κ3) is 2.95. The highest BCUT2D eigenvalue weighted by molar-refractivity contribution is 9.08. The van der Waals surface area contributed by atoms with Gasteiger partial charge in [0.1, 0.15) is 12.4 Å². The zero-order chi connectivity index (χ0) is 13.0. The van der Waals surface area contributed by atoms with Gasteiger partial charge in [-0.05, 0) is 5.56 Å². The Morgan fingerprint density at radius 2 is 2.11 bits per heavy atom. The van der Waals surface area contributed by atoms with E-state index in [0.717, 1.165) is 5.56 Å². The van der Waals surface area contributed by atoms with Crippen molar-refractivity contribution < 1.29 is 9.53 Å². The quantitative estimate of drug-likeness (QED) is 0.641. The van der Waals surface area contributed by atoms with E-state index in [4.69, 9.17) is 4.74 Å². The molecule has 5 nitrogen and oxygen atoms in total. The molecule has 18 heavy (non-hydrogen) atoms. The first-order valence-electron chi connectivity index (χ1n) is 5.37. The van der Waals surface area contributed by atoms with Gasteiger partial charge in [-0.1, -0.05) is 46.3 Å². The number of benzene rings is 1. The molecule has 0 unspecified atom stereocenters. The summed E-state index contributed by atoms with van der Waals surface area (Å²) in [5.41, 5.74) is 0.933. The number of aromatic nitrogens is 3. The zero-order valence-electron chi connectivity index (χ0n) is 9.84. The molecule has 0 bridgehead atoms. The van der Waals surface area contributed by atoms with Gasteiger partial charge in [0.15, 0.2) is 0 Å². The van der Waals surface area contributed by atoms with Gasteiger partial charge in [0.25, 0.3) is 5.82 Å². The Morgan fingerprint density at radius 1 is 1.39 bits per heavy atom. The summed E-state index contributed by atoms with van der Waals surface area (Å²) >= 11 is 3.27. The molecule has 0 aliphatic heterocycles. The lowest BCUT2D eigenvalue weighted by molar-refractivity contribution is 0.0458. The Balaban J connectivity index is 1.99. The normalized spacial score (nSPS) is 10.3. The summed E-state index contributed by atoms with van der Waals surface area (Å²) in [6.45, 7) is 0.224. The lowest BCUT2D eigenvalue weighted by Crippen LogP contribution is -2.08. The van der Waals surface area contributed by atoms with Gasteiger partial charge in [0.05, 0.1) is 5.33 Å². The molecule has 0 saturated heterocycles. The van der Waals surface area contributed by atoms with Crippen molar-refractivity contribution in [1.82, 2.24) is 14.8 Å². The van der Waals surface area contributed by atoms with Crippen molar-refractivity contribution >= 4 is 21.9 Å². The number of carbonyl (C=O) groups excluding carboxylic acids is 1. The third-order valence-corrected chi connectivity index (χ3v) is 2.87. The maximum absolute atomic E-state index is 11.7. The number of rotatable bonds is 4. The Hall–Kier alpha value is -1.69. The molecule has 94 valence electrons. The Morgan fingerprint density at radius 3 is 2.72 bits per heavy atom. The summed E-state index contributed by atoms with van der Waals surface area (Å²) in [4.78, 5) is 15.8. The van der Waals surface area contributed by atoms with Crippen molar-refractivity contribution in [2.75, 3.05) is 0 Å². The summed E-state index contributed by atoms with van der Waals surface area (Å²) in [6.07, 6.45) is 0. The maximum Gasteiger partial charge on any atom is 0.378 e. The first kappa shape index (κ1) is 12.8. The molecule has 0 amide bonds. The van der Waals surface area contributed by atoms with E-state index in [9.17, 15) is 4.79 Å². The topological polar surface area (TPSA) is 57.0 Å². The molecule has 0 N–H and O–H groups in total. The number of esters is 1. The number of alkyl halides is 1. The number of ether oxygens (including phenoxy) is 1. The van der Waals surface area contributed by atoms with Crippen LogP contribution >= 0.6 is 15.9 Å². The molecular weight excluding hydrogens is 298 g/mol. The SMILES string of the molecule is Cn1nc(C(=O)OCc2ccccc2)nc1CBr. The standard InChI is InChI=1S/C12H12BrN3O2/c1-16-10(7-13)14-11(15-16)12(17)18-8-9-5-3-2-4-6-9/h2-6H,7-8H2,1H3. The average Bonchev–Trinajstić information content (AvgIpc) is 2.78. The summed E-state index contributed by atoms with van der Waals surface area (Å²) in [6, 6.07) is 9.48. The van der Waals surface area contributed by atoms with E-state index in [0.29, 0.717) is 11.2 Å². The monoisotopic (exact) mass is 309 g/mol. The molecule has 1 aromatic carbocycles. The summed E-state index contributed by atoms with van der Waals surface area (Å²) in [5.74, 6) is 0.256. The van der Waals surface area contributed by atoms with Crippen molar-refractivity contribution in [3.63, 3.8) is 0 Å². The fourth-order valence-electron chi connectivity index (χ4n) is 1.41. The predicted molar refractivity (Wildman–Crippen MR) is 69.2 cm³/mol. The van der Waals surface area contributed by atoms with E-state index >= 15 is 0 Å². The lowest BCUT2D eigenvalue weighted by Gasteiger charge is -2.01. The Kier molecular flexibility index (Phi) is 4.09. The van der Waals surface area contributed by atoms with E-state index in [1.54, 1.807) is 11.7 Å². The molecule has 0 atom stereocenters. The highest BCUT2D eigenvalue weighted by atomic mass is 79.9. The van der Waals surface area contributed by atoms with Gasteiger partial charge in [-0.15, -0.1) is 5.10 Å². The van der Waals surface area contributed by atoms with E-state index in [1.165, 1.54) is 0 Å². The molecule has 0 fully saturated rings. The second-order valence-corrected chi connectivity index (χ2v) is 4.23. The predicted octanol–water partition coefficient (Wildman–Crippen LogP) is 2.07. The summed E-state index contributed by atoms with van der Waals surface area (Å²) in [7, 11) is 1.73. The fourth-order valence-corrected chi connectivity index (χ4v) is 1.90. The van der Waals surface area contributed by atoms with Crippen molar-refractivity contribution in [1.29, 1.82) is 0 Å². The summed E-state index contributed by atoms with van der Waals surface area (Å²) in [5, 5.41) is 4.54. The minimum absolute atomic E-state index is 0.0860. The molecule has 2 rings (SSSR count). The molecule has 1 heterocycles. The molecule has 2 aromatic rings. The van der Waals surface area contributed by atoms with Gasteiger partial charge in [-0.25, -0.2) is 9.78 Å². The number of aryl methyl sites for hydroxylation is 1. The number of halogens is 1. The lowest BCUT2D eigenvalue weighted by atomic mass is 10.2. The van der Waals surface area contributed by atoms with Crippen LogP contribution in [0, 0.1) is 0 Å². The van der Waals surface area contributed by atoms with E-state index < -0.39 is 5.97 Å². The van der Waals surface area contributed by atoms with Crippen LogP contribution in [-0.2, 0) is 23.7 Å². The van der Waals surface area contributed by atoms with Gasteiger partial charge in [-0.2, -0.15) is 0 Å². The smallest absolute Gasteiger partial charge is 0.378 e. The highest BCUT2D eigenvalue weighted by Crippen LogP contribution is 2.06. The van der Waals surface area contributed by atoms with E-state index in [2.05, 4.69) is 26.0 Å². The first-order chi connectivity index (χ1) is 8.70. The van der Waals surface area contributed by atoms with Crippen molar-refractivity contribution in [2.24, 2.45) is 7.05 Å². The van der Waals surface area contributed by atoms with Gasteiger partial charge in [0, 0.05) is 7.05 Å². The van der Waals surface area contributed by atoms with Crippen LogP contribution < -0.4 is 0 Å². The van der Waals surface area contributed by atoms with Crippen LogP contribution in [-0.4, -0.2) is 20.7 Å². The molecule has 0 aliphatic rings. The van der Waals surface area contributed by atoms with Crippen molar-refractivity contribution in [3.05, 3.63) is 47.5 Å². The van der Waals surface area contributed by atoms with Gasteiger partial charge < -0.3 is 4.74 Å². The molecule has 0 radical (unpaired) electrons. The van der Waals surface area contributed by atoms with Gasteiger partial charge >= 0.3 is 5.97 Å². The maximum atomic E-state index is 11.7. The molecule has 0 aliphatic carbocycles. The van der Waals surface area contributed by atoms with Crippen molar-refractivity contribution in [3.8, 4) is 0 Å². The minimum Gasteiger partial charge on any atom is -0.455 e. The Bertz CT molecular complexity index is 540. The minimum atomic E-state index is -0.512. The average molecular weight is 310 g/mol. The van der Waals surface area contributed by atoms with Crippen molar-refractivity contribution in [2.45, 2.75) is 11.9 Å². The molecule has 0 saturated carbocycles. The molecular formula is C12H12BrN3O2. The molecule has 1 aromatic heterocycles. The highest BCUT2D eigenvalue weighted by Gasteiger charge is 2.15. The van der Waals surface area contributed by atoms with Crippen LogP contribution in [0.2, 0.25) is 0 Å². The van der Waals surface area contributed by atoms with Crippen LogP contribution in [0.4, 0.5) is 0 Å². The van der Waals surface area contributed by atoms with E-state index in [-0.39, 0.29) is 12.4 Å². The van der Waals surface area contributed by atoms with Crippen LogP contribution in [0.15, 0.2) is 30.3 Å². The number of nitrogens with zero attached hydrogens (tertiary/aromatic N) is 3. The number of carbonyl (C=O) groups is 1. The van der Waals surface area contributed by atoms with Gasteiger partial charge in [-0.3, -0.25) is 4.68 Å². The number of hydrogen-bond donors (Lipinski definition) is 0. The Labute approximate surface area is 113 Å². The number of hydrogen-bond acceptors (Lipinski definition) is 4. The third-order valence-electron chi connectivity index (χ3n) is 2.37. The van der Waals surface area contributed by atoms with Gasteiger partial charge in [0.2, 0.25) is 0 Å². The second kappa shape index (κ2) is 5.77. The fraction of sp³-hybridized carbons (Fsp3) is 0.250. The molecule has 6 heteroatoms. The second-order valence-electron chi connectivity index (χ2n) is 3.67. The van der Waals surface area contributed by atoms with Crippen LogP contribution in [0.1, 0.15) is 22.0 Å².